The number of hydrogen-bond donors (Lipinski definition) is 4. The molecule has 1 saturated heterocycles. The van der Waals surface area contributed by atoms with E-state index in [1.807, 2.05) is 0 Å². The van der Waals surface area contributed by atoms with Gasteiger partial charge >= 0.3 is 0 Å². The van der Waals surface area contributed by atoms with Crippen LogP contribution in [-0.4, -0.2) is 72.0 Å². The van der Waals surface area contributed by atoms with Crippen LogP contribution >= 0.6 is 0 Å². The molecule has 0 amide bonds. The summed E-state index contributed by atoms with van der Waals surface area (Å²) in [6.45, 7) is -0.639. The van der Waals surface area contributed by atoms with Crippen molar-refractivity contribution in [2.75, 3.05) is 20.8 Å². The highest BCUT2D eigenvalue weighted by atomic mass is 16.7. The van der Waals surface area contributed by atoms with E-state index in [-0.39, 0.29) is 16.9 Å². The molecular formula is C23H24O10. The smallest absolute Gasteiger partial charge is 0.235 e. The van der Waals surface area contributed by atoms with E-state index >= 15 is 0 Å². The summed E-state index contributed by atoms with van der Waals surface area (Å²) in [5, 5.41) is 40.2. The van der Waals surface area contributed by atoms with Gasteiger partial charge in [0.05, 0.1) is 26.2 Å². The second kappa shape index (κ2) is 9.38. The Hall–Kier alpha value is -3.15. The topological polar surface area (TPSA) is 148 Å². The van der Waals surface area contributed by atoms with Crippen LogP contribution in [0.5, 0.6) is 17.2 Å². The molecule has 1 fully saturated rings. The van der Waals surface area contributed by atoms with Gasteiger partial charge in [-0.1, -0.05) is 12.1 Å². The normalized spacial score (nSPS) is 25.1. The monoisotopic (exact) mass is 460 g/mol. The number of ether oxygens (including phenoxy) is 4. The lowest BCUT2D eigenvalue weighted by molar-refractivity contribution is -0.277. The zero-order valence-corrected chi connectivity index (χ0v) is 17.9. The van der Waals surface area contributed by atoms with E-state index in [2.05, 4.69) is 0 Å². The van der Waals surface area contributed by atoms with Gasteiger partial charge in [-0.15, -0.1) is 0 Å². The molecule has 0 saturated carbocycles. The standard InChI is InChI=1S/C23H24O10/c1-29-14-8-7-11(9-15(14)30-2)21-22(17(25)12-5-3-4-6-13(12)31-21)33-23-20(28)19(27)18(26)16(10-24)32-23/h3-9,16,18-20,23-24,26-28H,10H2,1-2H3/t16-,18+,19+,20-,23+/m1/s1. The van der Waals surface area contributed by atoms with Gasteiger partial charge in [-0.2, -0.15) is 0 Å². The highest BCUT2D eigenvalue weighted by Crippen LogP contribution is 2.37. The van der Waals surface area contributed by atoms with Crippen LogP contribution in [0.25, 0.3) is 22.3 Å². The lowest BCUT2D eigenvalue weighted by Crippen LogP contribution is -2.60. The number of methoxy groups -OCH3 is 2. The Labute approximate surface area is 188 Å². The number of rotatable bonds is 6. The summed E-state index contributed by atoms with van der Waals surface area (Å²) >= 11 is 0. The molecule has 2 heterocycles. The average Bonchev–Trinajstić information content (AvgIpc) is 2.85. The van der Waals surface area contributed by atoms with E-state index in [1.54, 1.807) is 42.5 Å². The van der Waals surface area contributed by atoms with Crippen LogP contribution in [0.1, 0.15) is 0 Å². The molecule has 5 atom stereocenters. The zero-order chi connectivity index (χ0) is 23.7. The number of benzene rings is 2. The predicted molar refractivity (Wildman–Crippen MR) is 115 cm³/mol. The molecule has 176 valence electrons. The first-order valence-corrected chi connectivity index (χ1v) is 10.1. The second-order valence-corrected chi connectivity index (χ2v) is 7.47. The lowest BCUT2D eigenvalue weighted by atomic mass is 9.99. The first-order valence-electron chi connectivity index (χ1n) is 10.1. The molecule has 4 rings (SSSR count). The van der Waals surface area contributed by atoms with Gasteiger partial charge in [-0.3, -0.25) is 4.79 Å². The number of aliphatic hydroxyl groups excluding tert-OH is 4. The summed E-state index contributed by atoms with van der Waals surface area (Å²) in [4.78, 5) is 13.3. The van der Waals surface area contributed by atoms with Gasteiger partial charge in [0.25, 0.3) is 0 Å². The zero-order valence-electron chi connectivity index (χ0n) is 17.9. The van der Waals surface area contributed by atoms with Crippen molar-refractivity contribution < 1.29 is 43.8 Å². The molecule has 0 aliphatic carbocycles. The lowest BCUT2D eigenvalue weighted by Gasteiger charge is -2.39. The fraction of sp³-hybridized carbons (Fsp3) is 0.348. The van der Waals surface area contributed by atoms with E-state index in [0.29, 0.717) is 22.6 Å². The number of aliphatic hydroxyl groups is 4. The Bertz CT molecular complexity index is 1190. The van der Waals surface area contributed by atoms with Crippen LogP contribution in [0.2, 0.25) is 0 Å². The highest BCUT2D eigenvalue weighted by molar-refractivity contribution is 5.82. The van der Waals surface area contributed by atoms with Gasteiger partial charge in [-0.05, 0) is 30.3 Å². The summed E-state index contributed by atoms with van der Waals surface area (Å²) in [7, 11) is 2.95. The molecule has 0 unspecified atom stereocenters. The number of hydrogen-bond acceptors (Lipinski definition) is 10. The van der Waals surface area contributed by atoms with Crippen LogP contribution in [0, 0.1) is 0 Å². The summed E-state index contributed by atoms with van der Waals surface area (Å²) in [6, 6.07) is 11.4. The van der Waals surface area contributed by atoms with Crippen LogP contribution in [0.15, 0.2) is 51.7 Å². The van der Waals surface area contributed by atoms with Crippen LogP contribution in [0.4, 0.5) is 0 Å². The molecule has 1 aromatic heterocycles. The Balaban J connectivity index is 1.85. The van der Waals surface area contributed by atoms with E-state index < -0.39 is 42.7 Å². The van der Waals surface area contributed by atoms with Gasteiger partial charge in [0.2, 0.25) is 17.5 Å². The molecule has 33 heavy (non-hydrogen) atoms. The third kappa shape index (κ3) is 4.14. The minimum absolute atomic E-state index is 0.0246. The Morgan fingerprint density at radius 1 is 0.939 bits per heavy atom. The summed E-state index contributed by atoms with van der Waals surface area (Å²) in [5.41, 5.74) is 0.169. The third-order valence-corrected chi connectivity index (χ3v) is 5.48. The predicted octanol–water partition coefficient (Wildman–Crippen LogP) is 0.656. The summed E-state index contributed by atoms with van der Waals surface area (Å²) < 4.78 is 27.7. The maximum Gasteiger partial charge on any atom is 0.235 e. The number of fused-ring (bicyclic) bond motifs is 1. The minimum Gasteiger partial charge on any atom is -0.493 e. The molecule has 10 heteroatoms. The van der Waals surface area contributed by atoms with Crippen LogP contribution in [-0.2, 0) is 4.74 Å². The van der Waals surface area contributed by atoms with Gasteiger partial charge in [0.15, 0.2) is 17.3 Å². The molecule has 3 aromatic rings. The van der Waals surface area contributed by atoms with Gasteiger partial charge in [0.1, 0.15) is 30.0 Å². The maximum atomic E-state index is 13.3. The van der Waals surface area contributed by atoms with Gasteiger partial charge in [-0.25, -0.2) is 0 Å². The van der Waals surface area contributed by atoms with Crippen molar-refractivity contribution in [1.29, 1.82) is 0 Å². The molecule has 0 radical (unpaired) electrons. The second-order valence-electron chi connectivity index (χ2n) is 7.47. The van der Waals surface area contributed by atoms with E-state index in [1.165, 1.54) is 14.2 Å². The van der Waals surface area contributed by atoms with E-state index in [4.69, 9.17) is 23.4 Å². The van der Waals surface area contributed by atoms with Gasteiger partial charge < -0.3 is 43.8 Å². The third-order valence-electron chi connectivity index (χ3n) is 5.48. The minimum atomic E-state index is -1.70. The van der Waals surface area contributed by atoms with Crippen molar-refractivity contribution in [2.24, 2.45) is 0 Å². The van der Waals surface area contributed by atoms with E-state index in [0.717, 1.165) is 0 Å². The first-order chi connectivity index (χ1) is 15.9. The molecule has 0 bridgehead atoms. The fourth-order valence-electron chi connectivity index (χ4n) is 3.68. The SMILES string of the molecule is COc1ccc(-c2oc3ccccc3c(=O)c2O[C@@H]2O[C@H](CO)[C@H](O)[C@H](O)[C@H]2O)cc1OC. The van der Waals surface area contributed by atoms with Crippen molar-refractivity contribution in [3.63, 3.8) is 0 Å². The van der Waals surface area contributed by atoms with Gasteiger partial charge in [0, 0.05) is 5.56 Å². The first kappa shape index (κ1) is 23.0. The molecule has 10 nitrogen and oxygen atoms in total. The largest absolute Gasteiger partial charge is 0.493 e. The molecule has 1 aliphatic rings. The Morgan fingerprint density at radius 3 is 2.36 bits per heavy atom. The quantitative estimate of drug-likeness (QED) is 0.413. The van der Waals surface area contributed by atoms with Crippen molar-refractivity contribution >= 4 is 11.0 Å². The van der Waals surface area contributed by atoms with Crippen molar-refractivity contribution in [3.05, 3.63) is 52.7 Å². The van der Waals surface area contributed by atoms with Crippen molar-refractivity contribution in [3.8, 4) is 28.6 Å². The Kier molecular flexibility index (Phi) is 6.54. The molecule has 4 N–H and O–H groups in total. The van der Waals surface area contributed by atoms with Crippen molar-refractivity contribution in [2.45, 2.75) is 30.7 Å². The molecular weight excluding hydrogens is 436 g/mol. The molecule has 0 spiro atoms. The fourth-order valence-corrected chi connectivity index (χ4v) is 3.68. The molecule has 1 aliphatic heterocycles. The maximum absolute atomic E-state index is 13.3. The van der Waals surface area contributed by atoms with Crippen molar-refractivity contribution in [1.82, 2.24) is 0 Å². The Morgan fingerprint density at radius 2 is 1.67 bits per heavy atom. The van der Waals surface area contributed by atoms with Crippen LogP contribution < -0.4 is 19.6 Å². The summed E-state index contributed by atoms with van der Waals surface area (Å²) in [5.74, 6) is 0.576. The van der Waals surface area contributed by atoms with Crippen LogP contribution in [0.3, 0.4) is 0 Å². The van der Waals surface area contributed by atoms with E-state index in [9.17, 15) is 25.2 Å². The highest BCUT2D eigenvalue weighted by Gasteiger charge is 2.45. The number of para-hydroxylation sites is 1. The average molecular weight is 460 g/mol. The summed E-state index contributed by atoms with van der Waals surface area (Å²) in [6.07, 6.45) is -7.71. The molecule has 2 aromatic carbocycles.